The summed E-state index contributed by atoms with van der Waals surface area (Å²) < 4.78 is 38.9. The number of amides is 1. The zero-order valence-corrected chi connectivity index (χ0v) is 14.7. The fourth-order valence-electron chi connectivity index (χ4n) is 2.97. The molecule has 148 valence electrons. The van der Waals surface area contributed by atoms with Crippen LogP contribution < -0.4 is 16.2 Å². The standard InChI is InChI=1S/C19H14F3N5O2/c20-19(21,22)10-23-13-6-2-3-7-14(13)25-18(29)12-9-24-27-15-8-4-1-5-11(15)17(28)26-16(12)27/h1-9,23H,10H2,(H,25,29)(H,26,28). The molecule has 3 N–H and O–H groups in total. The van der Waals surface area contributed by atoms with Crippen LogP contribution in [0.3, 0.4) is 0 Å². The highest BCUT2D eigenvalue weighted by atomic mass is 19.4. The van der Waals surface area contributed by atoms with Crippen LogP contribution in [0.15, 0.2) is 59.5 Å². The van der Waals surface area contributed by atoms with E-state index in [9.17, 15) is 22.8 Å². The van der Waals surface area contributed by atoms with Gasteiger partial charge in [0, 0.05) is 0 Å². The van der Waals surface area contributed by atoms with Crippen LogP contribution in [-0.2, 0) is 0 Å². The first-order valence-corrected chi connectivity index (χ1v) is 8.53. The van der Waals surface area contributed by atoms with Crippen LogP contribution >= 0.6 is 0 Å². The Bertz CT molecular complexity index is 1280. The maximum absolute atomic E-state index is 12.8. The van der Waals surface area contributed by atoms with Gasteiger partial charge in [-0.15, -0.1) is 0 Å². The van der Waals surface area contributed by atoms with Crippen molar-refractivity contribution >= 4 is 33.8 Å². The Balaban J connectivity index is 1.68. The molecule has 0 radical (unpaired) electrons. The summed E-state index contributed by atoms with van der Waals surface area (Å²) in [5, 5.41) is 9.40. The molecule has 0 spiro atoms. The van der Waals surface area contributed by atoms with Crippen LogP contribution in [-0.4, -0.2) is 33.2 Å². The van der Waals surface area contributed by atoms with Crippen LogP contribution in [0.25, 0.3) is 16.6 Å². The number of alkyl halides is 3. The molecular formula is C19H14F3N5O2. The highest BCUT2D eigenvalue weighted by molar-refractivity contribution is 6.09. The molecule has 4 aromatic rings. The maximum atomic E-state index is 12.8. The number of hydrogen-bond acceptors (Lipinski definition) is 4. The lowest BCUT2D eigenvalue weighted by Gasteiger charge is -2.14. The van der Waals surface area contributed by atoms with Gasteiger partial charge in [0.2, 0.25) is 0 Å². The molecule has 0 unspecified atom stereocenters. The van der Waals surface area contributed by atoms with E-state index in [-0.39, 0.29) is 28.1 Å². The lowest BCUT2D eigenvalue weighted by atomic mass is 10.2. The van der Waals surface area contributed by atoms with Crippen LogP contribution in [0.1, 0.15) is 10.4 Å². The third-order valence-electron chi connectivity index (χ3n) is 4.28. The Labute approximate surface area is 161 Å². The van der Waals surface area contributed by atoms with Gasteiger partial charge in [0.05, 0.1) is 28.5 Å². The van der Waals surface area contributed by atoms with Gasteiger partial charge >= 0.3 is 6.18 Å². The minimum atomic E-state index is -4.40. The number of hydrogen-bond donors (Lipinski definition) is 3. The largest absolute Gasteiger partial charge is 0.405 e. The third kappa shape index (κ3) is 3.64. The number of para-hydroxylation sites is 3. The van der Waals surface area contributed by atoms with Crippen LogP contribution in [0.5, 0.6) is 0 Å². The number of anilines is 2. The second-order valence-electron chi connectivity index (χ2n) is 6.26. The average Bonchev–Trinajstić information content (AvgIpc) is 3.11. The van der Waals surface area contributed by atoms with E-state index in [4.69, 9.17) is 0 Å². The van der Waals surface area contributed by atoms with E-state index in [1.165, 1.54) is 22.8 Å². The molecule has 0 bridgehead atoms. The van der Waals surface area contributed by atoms with Crippen molar-refractivity contribution in [2.24, 2.45) is 0 Å². The molecule has 29 heavy (non-hydrogen) atoms. The molecule has 4 rings (SSSR count). The second kappa shape index (κ2) is 6.97. The SMILES string of the molecule is O=C(Nc1ccccc1NCC(F)(F)F)c1cnn2c1[nH]c(=O)c1ccccc12. The summed E-state index contributed by atoms with van der Waals surface area (Å²) in [5.74, 6) is -0.618. The van der Waals surface area contributed by atoms with E-state index in [0.717, 1.165) is 0 Å². The number of aromatic nitrogens is 3. The summed E-state index contributed by atoms with van der Waals surface area (Å²) >= 11 is 0. The number of fused-ring (bicyclic) bond motifs is 3. The zero-order valence-electron chi connectivity index (χ0n) is 14.7. The Morgan fingerprint density at radius 2 is 1.76 bits per heavy atom. The highest BCUT2D eigenvalue weighted by Gasteiger charge is 2.27. The van der Waals surface area contributed by atoms with Gasteiger partial charge in [-0.05, 0) is 24.3 Å². The fraction of sp³-hybridized carbons (Fsp3) is 0.105. The number of carbonyl (C=O) groups excluding carboxylic acids is 1. The number of nitrogens with one attached hydrogen (secondary N) is 3. The molecule has 10 heteroatoms. The molecule has 0 atom stereocenters. The molecule has 0 aliphatic heterocycles. The van der Waals surface area contributed by atoms with Gasteiger partial charge < -0.3 is 15.6 Å². The Hall–Kier alpha value is -3.82. The molecule has 7 nitrogen and oxygen atoms in total. The molecule has 2 aromatic carbocycles. The van der Waals surface area contributed by atoms with Gasteiger partial charge in [0.1, 0.15) is 17.8 Å². The number of benzene rings is 2. The van der Waals surface area contributed by atoms with Gasteiger partial charge in [-0.1, -0.05) is 24.3 Å². The number of carbonyl (C=O) groups is 1. The smallest absolute Gasteiger partial charge is 0.375 e. The summed E-state index contributed by atoms with van der Waals surface area (Å²) in [7, 11) is 0. The van der Waals surface area contributed by atoms with E-state index in [2.05, 4.69) is 20.7 Å². The summed E-state index contributed by atoms with van der Waals surface area (Å²) in [6.07, 6.45) is -3.11. The van der Waals surface area contributed by atoms with Crippen molar-refractivity contribution in [3.63, 3.8) is 0 Å². The van der Waals surface area contributed by atoms with Crippen molar-refractivity contribution in [2.75, 3.05) is 17.2 Å². The van der Waals surface area contributed by atoms with E-state index >= 15 is 0 Å². The lowest BCUT2D eigenvalue weighted by Crippen LogP contribution is -2.22. The monoisotopic (exact) mass is 401 g/mol. The average molecular weight is 401 g/mol. The summed E-state index contributed by atoms with van der Waals surface area (Å²) in [6.45, 7) is -1.24. The Morgan fingerprint density at radius 1 is 1.07 bits per heavy atom. The third-order valence-corrected chi connectivity index (χ3v) is 4.28. The first-order chi connectivity index (χ1) is 13.8. The second-order valence-corrected chi connectivity index (χ2v) is 6.26. The molecule has 0 aliphatic rings. The molecule has 0 saturated heterocycles. The minimum Gasteiger partial charge on any atom is -0.375 e. The van der Waals surface area contributed by atoms with Crippen molar-refractivity contribution in [2.45, 2.75) is 6.18 Å². The Kier molecular flexibility index (Phi) is 4.45. The zero-order chi connectivity index (χ0) is 20.6. The van der Waals surface area contributed by atoms with Gasteiger partial charge in [-0.3, -0.25) is 9.59 Å². The van der Waals surface area contributed by atoms with Crippen molar-refractivity contribution in [1.29, 1.82) is 0 Å². The molecular weight excluding hydrogens is 387 g/mol. The first-order valence-electron chi connectivity index (χ1n) is 8.53. The van der Waals surface area contributed by atoms with Gasteiger partial charge in [0.15, 0.2) is 0 Å². The molecule has 2 heterocycles. The first kappa shape index (κ1) is 18.5. The summed E-state index contributed by atoms with van der Waals surface area (Å²) in [5.41, 5.74) is 0.704. The predicted molar refractivity (Wildman–Crippen MR) is 102 cm³/mol. The number of rotatable bonds is 4. The fourth-order valence-corrected chi connectivity index (χ4v) is 2.97. The van der Waals surface area contributed by atoms with E-state index in [0.29, 0.717) is 10.9 Å². The quantitative estimate of drug-likeness (QED) is 0.489. The number of aromatic amines is 1. The minimum absolute atomic E-state index is 0.0819. The van der Waals surface area contributed by atoms with Gasteiger partial charge in [-0.25, -0.2) is 4.52 Å². The molecule has 0 fully saturated rings. The van der Waals surface area contributed by atoms with Crippen LogP contribution in [0.4, 0.5) is 24.5 Å². The van der Waals surface area contributed by atoms with Gasteiger partial charge in [-0.2, -0.15) is 18.3 Å². The number of halogens is 3. The predicted octanol–water partition coefficient (Wildman–Crippen LogP) is 3.40. The lowest BCUT2D eigenvalue weighted by molar-refractivity contribution is -0.115. The van der Waals surface area contributed by atoms with E-state index < -0.39 is 18.6 Å². The van der Waals surface area contributed by atoms with Crippen molar-refractivity contribution in [1.82, 2.24) is 14.6 Å². The van der Waals surface area contributed by atoms with Crippen molar-refractivity contribution < 1.29 is 18.0 Å². The van der Waals surface area contributed by atoms with Crippen LogP contribution in [0, 0.1) is 0 Å². The number of H-pyrrole nitrogens is 1. The summed E-state index contributed by atoms with van der Waals surface area (Å²) in [4.78, 5) is 27.7. The van der Waals surface area contributed by atoms with E-state index in [1.54, 1.807) is 36.4 Å². The molecule has 2 aromatic heterocycles. The van der Waals surface area contributed by atoms with Crippen molar-refractivity contribution in [3.05, 3.63) is 70.6 Å². The normalized spacial score (nSPS) is 11.7. The molecule has 0 saturated carbocycles. The van der Waals surface area contributed by atoms with E-state index in [1.807, 2.05) is 0 Å². The topological polar surface area (TPSA) is 91.3 Å². The number of nitrogens with zero attached hydrogens (tertiary/aromatic N) is 2. The molecule has 0 aliphatic carbocycles. The molecule has 1 amide bonds. The highest BCUT2D eigenvalue weighted by Crippen LogP contribution is 2.25. The van der Waals surface area contributed by atoms with Crippen molar-refractivity contribution in [3.8, 4) is 0 Å². The maximum Gasteiger partial charge on any atom is 0.405 e. The van der Waals surface area contributed by atoms with Crippen LogP contribution in [0.2, 0.25) is 0 Å². The summed E-state index contributed by atoms with van der Waals surface area (Å²) in [6, 6.07) is 12.8. The van der Waals surface area contributed by atoms with Gasteiger partial charge in [0.25, 0.3) is 11.5 Å². The Morgan fingerprint density at radius 3 is 2.52 bits per heavy atom.